The molecule has 0 bridgehead atoms. The van der Waals surface area contributed by atoms with E-state index in [1.165, 1.54) is 32.1 Å². The Morgan fingerprint density at radius 2 is 2.24 bits per heavy atom. The molecule has 132 valence electrons. The van der Waals surface area contributed by atoms with Gasteiger partial charge in [-0.3, -0.25) is 9.12 Å². The van der Waals surface area contributed by atoms with Crippen molar-refractivity contribution in [2.75, 3.05) is 6.54 Å². The van der Waals surface area contributed by atoms with Crippen LogP contribution in [0.3, 0.4) is 0 Å². The summed E-state index contributed by atoms with van der Waals surface area (Å²) in [6, 6.07) is 2.07. The van der Waals surface area contributed by atoms with Crippen molar-refractivity contribution in [2.24, 2.45) is 11.8 Å². The quantitative estimate of drug-likeness (QED) is 0.661. The summed E-state index contributed by atoms with van der Waals surface area (Å²) >= 11 is 1.95. The van der Waals surface area contributed by atoms with Crippen LogP contribution in [0.5, 0.6) is 0 Å². The predicted molar refractivity (Wildman–Crippen MR) is 101 cm³/mol. The molecule has 0 aromatic carbocycles. The monoisotopic (exact) mass is 356 g/mol. The molecular weight excluding hydrogens is 332 g/mol. The average Bonchev–Trinajstić information content (AvgIpc) is 3.02. The Morgan fingerprint density at radius 3 is 3.08 bits per heavy atom. The molecule has 3 aromatic rings. The topological polar surface area (TPSA) is 70.9 Å². The summed E-state index contributed by atoms with van der Waals surface area (Å²) in [5.41, 5.74) is 2.83. The molecule has 2 saturated carbocycles. The Hall–Kier alpha value is -1.60. The van der Waals surface area contributed by atoms with Gasteiger partial charge in [-0.05, 0) is 43.6 Å². The van der Waals surface area contributed by atoms with Gasteiger partial charge in [0.25, 0.3) is 0 Å². The molecule has 0 radical (unpaired) electrons. The molecule has 6 nitrogen and oxygen atoms in total. The lowest BCUT2D eigenvalue weighted by Crippen LogP contribution is -2.15. The number of hydrogen-bond donors (Lipinski definition) is 2. The molecular formula is C18H24N6S. The Balaban J connectivity index is 1.42. The SMILES string of the molecule is CCC1CC(CNSC2CC2)CC1c1nnc2cnc3[nH]ccc3n12. The number of rotatable bonds is 6. The highest BCUT2D eigenvalue weighted by atomic mass is 32.2. The summed E-state index contributed by atoms with van der Waals surface area (Å²) in [6.07, 6.45) is 10.2. The summed E-state index contributed by atoms with van der Waals surface area (Å²) < 4.78 is 5.83. The van der Waals surface area contributed by atoms with E-state index in [0.29, 0.717) is 11.8 Å². The first-order valence-corrected chi connectivity index (χ1v) is 10.3. The fraction of sp³-hybridized carbons (Fsp3) is 0.611. The molecule has 0 saturated heterocycles. The van der Waals surface area contributed by atoms with Crippen LogP contribution in [0.4, 0.5) is 0 Å². The van der Waals surface area contributed by atoms with Gasteiger partial charge in [0.2, 0.25) is 0 Å². The number of hydrogen-bond acceptors (Lipinski definition) is 5. The van der Waals surface area contributed by atoms with Crippen LogP contribution in [-0.2, 0) is 0 Å². The Morgan fingerprint density at radius 1 is 1.32 bits per heavy atom. The van der Waals surface area contributed by atoms with Crippen molar-refractivity contribution in [2.45, 2.75) is 50.2 Å². The molecule has 3 aromatic heterocycles. The molecule has 7 heteroatoms. The molecule has 2 N–H and O–H groups in total. The maximum absolute atomic E-state index is 4.59. The van der Waals surface area contributed by atoms with Crippen molar-refractivity contribution >= 4 is 28.8 Å². The lowest BCUT2D eigenvalue weighted by atomic mass is 9.93. The van der Waals surface area contributed by atoms with Crippen molar-refractivity contribution in [3.8, 4) is 0 Å². The number of nitrogens with one attached hydrogen (secondary N) is 2. The molecule has 2 aliphatic rings. The number of H-pyrrole nitrogens is 1. The minimum Gasteiger partial charge on any atom is -0.345 e. The van der Waals surface area contributed by atoms with Gasteiger partial charge in [-0.1, -0.05) is 25.3 Å². The van der Waals surface area contributed by atoms with Gasteiger partial charge in [0.15, 0.2) is 11.3 Å². The Bertz CT molecular complexity index is 882. The van der Waals surface area contributed by atoms with Crippen LogP contribution in [0.25, 0.3) is 16.8 Å². The van der Waals surface area contributed by atoms with Gasteiger partial charge in [0, 0.05) is 23.9 Å². The standard InChI is InChI=1S/C18H24N6S/c1-2-12-7-11(9-21-25-13-3-4-13)8-14(12)18-23-22-16-10-20-17-15(24(16)18)5-6-19-17/h5-6,10-14,19,21H,2-4,7-9H2,1H3. The van der Waals surface area contributed by atoms with Gasteiger partial charge in [-0.25, -0.2) is 4.98 Å². The average molecular weight is 356 g/mol. The molecule has 0 aliphatic heterocycles. The summed E-state index contributed by atoms with van der Waals surface area (Å²) in [6.45, 7) is 3.43. The van der Waals surface area contributed by atoms with Gasteiger partial charge in [-0.2, -0.15) is 0 Å². The highest BCUT2D eigenvalue weighted by Crippen LogP contribution is 2.44. The third kappa shape index (κ3) is 2.83. The van der Waals surface area contributed by atoms with Crippen LogP contribution >= 0.6 is 11.9 Å². The van der Waals surface area contributed by atoms with Crippen molar-refractivity contribution in [1.29, 1.82) is 0 Å². The Kier molecular flexibility index (Phi) is 3.93. The number of fused-ring (bicyclic) bond motifs is 3. The number of aromatic nitrogens is 5. The van der Waals surface area contributed by atoms with E-state index in [-0.39, 0.29) is 0 Å². The van der Waals surface area contributed by atoms with Crippen LogP contribution < -0.4 is 4.72 Å². The highest BCUT2D eigenvalue weighted by Gasteiger charge is 2.37. The second-order valence-electron chi connectivity index (χ2n) is 7.50. The molecule has 2 aliphatic carbocycles. The zero-order valence-corrected chi connectivity index (χ0v) is 15.3. The minimum atomic E-state index is 0.484. The Labute approximate surface area is 151 Å². The van der Waals surface area contributed by atoms with Gasteiger partial charge < -0.3 is 4.98 Å². The molecule has 3 heterocycles. The van der Waals surface area contributed by atoms with Crippen LogP contribution in [0.2, 0.25) is 0 Å². The number of aromatic amines is 1. The summed E-state index contributed by atoms with van der Waals surface area (Å²) in [5, 5.41) is 9.86. The van der Waals surface area contributed by atoms with E-state index in [1.807, 2.05) is 24.3 Å². The van der Waals surface area contributed by atoms with Gasteiger partial charge in [0.1, 0.15) is 5.82 Å². The smallest absolute Gasteiger partial charge is 0.179 e. The summed E-state index contributed by atoms with van der Waals surface area (Å²) in [4.78, 5) is 7.63. The van der Waals surface area contributed by atoms with Gasteiger partial charge in [-0.15, -0.1) is 10.2 Å². The van der Waals surface area contributed by atoms with E-state index >= 15 is 0 Å². The van der Waals surface area contributed by atoms with Crippen LogP contribution in [0, 0.1) is 11.8 Å². The molecule has 25 heavy (non-hydrogen) atoms. The molecule has 5 rings (SSSR count). The van der Waals surface area contributed by atoms with Crippen molar-refractivity contribution < 1.29 is 0 Å². The molecule has 0 spiro atoms. The summed E-state index contributed by atoms with van der Waals surface area (Å²) in [5.74, 6) is 3.02. The van der Waals surface area contributed by atoms with Crippen LogP contribution in [0.15, 0.2) is 18.5 Å². The fourth-order valence-corrected chi connectivity index (χ4v) is 5.22. The second kappa shape index (κ2) is 6.29. The van der Waals surface area contributed by atoms with E-state index in [1.54, 1.807) is 0 Å². The second-order valence-corrected chi connectivity index (χ2v) is 8.69. The molecule has 2 fully saturated rings. The third-order valence-corrected chi connectivity index (χ3v) is 6.90. The first kappa shape index (κ1) is 15.6. The van der Waals surface area contributed by atoms with Crippen LogP contribution in [-0.4, -0.2) is 36.4 Å². The van der Waals surface area contributed by atoms with E-state index in [2.05, 4.69) is 42.3 Å². The zero-order valence-electron chi connectivity index (χ0n) is 14.5. The number of nitrogens with zero attached hydrogens (tertiary/aromatic N) is 4. The van der Waals surface area contributed by atoms with E-state index in [9.17, 15) is 0 Å². The first-order valence-electron chi connectivity index (χ1n) is 9.39. The normalized spacial score (nSPS) is 26.8. The van der Waals surface area contributed by atoms with E-state index < -0.39 is 0 Å². The molecule has 3 atom stereocenters. The lowest BCUT2D eigenvalue weighted by Gasteiger charge is -2.16. The summed E-state index contributed by atoms with van der Waals surface area (Å²) in [7, 11) is 0. The van der Waals surface area contributed by atoms with Crippen LogP contribution in [0.1, 0.15) is 50.8 Å². The fourth-order valence-electron chi connectivity index (χ4n) is 4.28. The minimum absolute atomic E-state index is 0.484. The maximum atomic E-state index is 4.59. The van der Waals surface area contributed by atoms with E-state index in [0.717, 1.165) is 40.3 Å². The molecule has 3 unspecified atom stereocenters. The van der Waals surface area contributed by atoms with E-state index in [4.69, 9.17) is 0 Å². The van der Waals surface area contributed by atoms with Gasteiger partial charge in [0.05, 0.1) is 11.7 Å². The zero-order chi connectivity index (χ0) is 16.8. The third-order valence-electron chi connectivity index (χ3n) is 5.76. The lowest BCUT2D eigenvalue weighted by molar-refractivity contribution is 0.444. The van der Waals surface area contributed by atoms with Crippen molar-refractivity contribution in [1.82, 2.24) is 29.3 Å². The maximum Gasteiger partial charge on any atom is 0.179 e. The van der Waals surface area contributed by atoms with Crippen molar-refractivity contribution in [3.05, 3.63) is 24.3 Å². The first-order chi connectivity index (χ1) is 12.3. The molecule has 0 amide bonds. The van der Waals surface area contributed by atoms with Crippen molar-refractivity contribution in [3.63, 3.8) is 0 Å². The largest absolute Gasteiger partial charge is 0.345 e. The highest BCUT2D eigenvalue weighted by molar-refractivity contribution is 7.98. The van der Waals surface area contributed by atoms with Gasteiger partial charge >= 0.3 is 0 Å². The predicted octanol–water partition coefficient (Wildman–Crippen LogP) is 3.53.